The molecule has 0 spiro atoms. The number of rotatable bonds is 4. The normalized spacial score (nSPS) is 20.9. The third-order valence-electron chi connectivity index (χ3n) is 2.73. The molecule has 1 atom stereocenters. The molecule has 1 fully saturated rings. The first kappa shape index (κ1) is 15.9. The first-order valence-corrected chi connectivity index (χ1v) is 6.52. The van der Waals surface area contributed by atoms with E-state index in [1.54, 1.807) is 0 Å². The van der Waals surface area contributed by atoms with E-state index < -0.39 is 0 Å². The van der Waals surface area contributed by atoms with Crippen LogP contribution in [0.2, 0.25) is 0 Å². The Morgan fingerprint density at radius 3 is 2.68 bits per heavy atom. The molecule has 1 aliphatic heterocycles. The van der Waals surface area contributed by atoms with Crippen molar-refractivity contribution in [2.45, 2.75) is 38.8 Å². The smallest absolute Gasteiger partial charge is 0.308 e. The van der Waals surface area contributed by atoms with Gasteiger partial charge in [0.15, 0.2) is 0 Å². The minimum Gasteiger partial charge on any atom is -0.469 e. The van der Waals surface area contributed by atoms with Crippen LogP contribution >= 0.6 is 0 Å². The van der Waals surface area contributed by atoms with E-state index in [0.29, 0.717) is 26.2 Å². The van der Waals surface area contributed by atoms with Gasteiger partial charge in [0.05, 0.1) is 32.8 Å². The summed E-state index contributed by atoms with van der Waals surface area (Å²) in [4.78, 5) is 25.0. The molecule has 1 N–H and O–H groups in total. The first-order chi connectivity index (χ1) is 8.80. The SMILES string of the molecule is COC(=O)CC1CN(CC(=O)NC(C)(C)C)CCO1. The van der Waals surface area contributed by atoms with Crippen LogP contribution in [0.3, 0.4) is 0 Å². The number of hydrogen-bond acceptors (Lipinski definition) is 5. The topological polar surface area (TPSA) is 67.9 Å². The van der Waals surface area contributed by atoms with Gasteiger partial charge >= 0.3 is 5.97 Å². The maximum absolute atomic E-state index is 11.8. The molecule has 1 saturated heterocycles. The highest BCUT2D eigenvalue weighted by atomic mass is 16.5. The monoisotopic (exact) mass is 272 g/mol. The number of hydrogen-bond donors (Lipinski definition) is 1. The lowest BCUT2D eigenvalue weighted by molar-refractivity contribution is -0.145. The van der Waals surface area contributed by atoms with E-state index in [0.717, 1.165) is 0 Å². The summed E-state index contributed by atoms with van der Waals surface area (Å²) in [5.41, 5.74) is -0.227. The van der Waals surface area contributed by atoms with E-state index in [1.807, 2.05) is 25.7 Å². The zero-order chi connectivity index (χ0) is 14.5. The van der Waals surface area contributed by atoms with Gasteiger partial charge in [-0.15, -0.1) is 0 Å². The predicted octanol–water partition coefficient (Wildman–Crippen LogP) is 0.165. The van der Waals surface area contributed by atoms with Crippen LogP contribution in [0.15, 0.2) is 0 Å². The quantitative estimate of drug-likeness (QED) is 0.739. The number of methoxy groups -OCH3 is 1. The highest BCUT2D eigenvalue weighted by molar-refractivity contribution is 5.78. The summed E-state index contributed by atoms with van der Waals surface area (Å²) in [6.07, 6.45) is 0.0390. The fraction of sp³-hybridized carbons (Fsp3) is 0.846. The summed E-state index contributed by atoms with van der Waals surface area (Å²) in [6.45, 7) is 7.99. The Labute approximate surface area is 114 Å². The lowest BCUT2D eigenvalue weighted by atomic mass is 10.1. The van der Waals surface area contributed by atoms with Crippen molar-refractivity contribution >= 4 is 11.9 Å². The molecule has 0 aromatic carbocycles. The van der Waals surface area contributed by atoms with Gasteiger partial charge in [0.1, 0.15) is 0 Å². The second-order valence-electron chi connectivity index (χ2n) is 5.81. The number of morpholine rings is 1. The van der Waals surface area contributed by atoms with Gasteiger partial charge in [0, 0.05) is 18.6 Å². The molecule has 0 aromatic heterocycles. The lowest BCUT2D eigenvalue weighted by Crippen LogP contribution is -2.50. The van der Waals surface area contributed by atoms with Gasteiger partial charge in [0.2, 0.25) is 5.91 Å². The number of nitrogens with one attached hydrogen (secondary N) is 1. The molecule has 1 aliphatic rings. The summed E-state index contributed by atoms with van der Waals surface area (Å²) >= 11 is 0. The van der Waals surface area contributed by atoms with Crippen LogP contribution in [0.4, 0.5) is 0 Å². The van der Waals surface area contributed by atoms with Crippen LogP contribution in [0.25, 0.3) is 0 Å². The van der Waals surface area contributed by atoms with Crippen LogP contribution in [-0.2, 0) is 19.1 Å². The maximum Gasteiger partial charge on any atom is 0.308 e. The Bertz CT molecular complexity index is 325. The van der Waals surface area contributed by atoms with E-state index in [2.05, 4.69) is 10.1 Å². The second kappa shape index (κ2) is 6.86. The van der Waals surface area contributed by atoms with E-state index >= 15 is 0 Å². The molecule has 6 nitrogen and oxygen atoms in total. The van der Waals surface area contributed by atoms with Crippen molar-refractivity contribution in [3.05, 3.63) is 0 Å². The van der Waals surface area contributed by atoms with Gasteiger partial charge in [-0.25, -0.2) is 0 Å². The van der Waals surface area contributed by atoms with Crippen LogP contribution in [-0.4, -0.2) is 61.8 Å². The third kappa shape index (κ3) is 6.54. The summed E-state index contributed by atoms with van der Waals surface area (Å²) < 4.78 is 10.1. The van der Waals surface area contributed by atoms with Crippen molar-refractivity contribution in [3.63, 3.8) is 0 Å². The molecule has 0 aromatic rings. The maximum atomic E-state index is 11.8. The fourth-order valence-electron chi connectivity index (χ4n) is 1.98. The van der Waals surface area contributed by atoms with Gasteiger partial charge in [-0.05, 0) is 20.8 Å². The molecule has 0 bridgehead atoms. The van der Waals surface area contributed by atoms with Gasteiger partial charge in [-0.3, -0.25) is 14.5 Å². The Morgan fingerprint density at radius 2 is 2.11 bits per heavy atom. The molecular formula is C13H24N2O4. The molecule has 110 valence electrons. The number of ether oxygens (including phenoxy) is 2. The molecule has 6 heteroatoms. The standard InChI is InChI=1S/C13H24N2O4/c1-13(2,3)14-11(16)9-15-5-6-19-10(8-15)7-12(17)18-4/h10H,5-9H2,1-4H3,(H,14,16). The van der Waals surface area contributed by atoms with E-state index in [1.165, 1.54) is 7.11 Å². The number of carbonyl (C=O) groups excluding carboxylic acids is 2. The Balaban J connectivity index is 2.38. The lowest BCUT2D eigenvalue weighted by Gasteiger charge is -2.32. The largest absolute Gasteiger partial charge is 0.469 e. The van der Waals surface area contributed by atoms with E-state index in [4.69, 9.17) is 4.74 Å². The number of nitrogens with zero attached hydrogens (tertiary/aromatic N) is 1. The van der Waals surface area contributed by atoms with Crippen molar-refractivity contribution in [1.29, 1.82) is 0 Å². The van der Waals surface area contributed by atoms with Crippen molar-refractivity contribution in [2.75, 3.05) is 33.4 Å². The molecule has 0 radical (unpaired) electrons. The highest BCUT2D eigenvalue weighted by Gasteiger charge is 2.25. The molecule has 1 unspecified atom stereocenters. The molecular weight excluding hydrogens is 248 g/mol. The van der Waals surface area contributed by atoms with Crippen molar-refractivity contribution in [1.82, 2.24) is 10.2 Å². The molecule has 0 saturated carbocycles. The second-order valence-corrected chi connectivity index (χ2v) is 5.81. The summed E-state index contributed by atoms with van der Waals surface area (Å²) in [7, 11) is 1.36. The Kier molecular flexibility index (Phi) is 5.75. The zero-order valence-corrected chi connectivity index (χ0v) is 12.2. The molecule has 1 heterocycles. The van der Waals surface area contributed by atoms with Gasteiger partial charge in [0.25, 0.3) is 0 Å². The van der Waals surface area contributed by atoms with E-state index in [9.17, 15) is 9.59 Å². The fourth-order valence-corrected chi connectivity index (χ4v) is 1.98. The summed E-state index contributed by atoms with van der Waals surface area (Å²) in [5.74, 6) is -0.294. The van der Waals surface area contributed by atoms with Gasteiger partial charge in [-0.1, -0.05) is 0 Å². The van der Waals surface area contributed by atoms with Crippen LogP contribution in [0.5, 0.6) is 0 Å². The van der Waals surface area contributed by atoms with Gasteiger partial charge < -0.3 is 14.8 Å². The molecule has 1 rings (SSSR count). The van der Waals surface area contributed by atoms with Crippen molar-refractivity contribution in [2.24, 2.45) is 0 Å². The average Bonchev–Trinajstić information content (AvgIpc) is 2.26. The van der Waals surface area contributed by atoms with Crippen LogP contribution < -0.4 is 5.32 Å². The summed E-state index contributed by atoms with van der Waals surface area (Å²) in [5, 5.41) is 2.92. The van der Waals surface area contributed by atoms with Crippen molar-refractivity contribution < 1.29 is 19.1 Å². The van der Waals surface area contributed by atoms with Crippen LogP contribution in [0.1, 0.15) is 27.2 Å². The predicted molar refractivity (Wildman–Crippen MR) is 70.7 cm³/mol. The minimum atomic E-state index is -0.286. The average molecular weight is 272 g/mol. The van der Waals surface area contributed by atoms with Crippen LogP contribution in [0, 0.1) is 0 Å². The zero-order valence-electron chi connectivity index (χ0n) is 12.2. The first-order valence-electron chi connectivity index (χ1n) is 6.52. The third-order valence-corrected chi connectivity index (χ3v) is 2.73. The molecule has 0 aliphatic carbocycles. The number of amides is 1. The van der Waals surface area contributed by atoms with E-state index in [-0.39, 0.29) is 29.9 Å². The van der Waals surface area contributed by atoms with Crippen molar-refractivity contribution in [3.8, 4) is 0 Å². The minimum absolute atomic E-state index is 0.00813. The molecule has 19 heavy (non-hydrogen) atoms. The number of esters is 1. The highest BCUT2D eigenvalue weighted by Crippen LogP contribution is 2.09. The summed E-state index contributed by atoms with van der Waals surface area (Å²) in [6, 6.07) is 0. The van der Waals surface area contributed by atoms with Gasteiger partial charge in [-0.2, -0.15) is 0 Å². The number of carbonyl (C=O) groups is 2. The molecule has 1 amide bonds. The Morgan fingerprint density at radius 1 is 1.42 bits per heavy atom. The Hall–Kier alpha value is -1.14.